The number of hydrogen-bond donors (Lipinski definition) is 1. The summed E-state index contributed by atoms with van der Waals surface area (Å²) in [6, 6.07) is 8.67. The van der Waals surface area contributed by atoms with Gasteiger partial charge in [-0.1, -0.05) is 11.6 Å². The van der Waals surface area contributed by atoms with E-state index in [2.05, 4.69) is 0 Å². The third-order valence-electron chi connectivity index (χ3n) is 2.20. The first kappa shape index (κ1) is 9.52. The average molecular weight is 201 g/mol. The number of carbonyl (C=O) groups is 1. The second-order valence-corrected chi connectivity index (χ2v) is 3.40. The molecule has 0 amide bonds. The van der Waals surface area contributed by atoms with Gasteiger partial charge in [0.1, 0.15) is 0 Å². The Morgan fingerprint density at radius 3 is 2.80 bits per heavy atom. The Morgan fingerprint density at radius 1 is 1.33 bits per heavy atom. The molecule has 2 N–H and O–H groups in total. The van der Waals surface area contributed by atoms with Gasteiger partial charge in [-0.3, -0.25) is 4.79 Å². The maximum absolute atomic E-state index is 11.9. The molecule has 3 heteroatoms. The normalized spacial score (nSPS) is 10.2. The van der Waals surface area contributed by atoms with Crippen LogP contribution in [0, 0.1) is 6.92 Å². The summed E-state index contributed by atoms with van der Waals surface area (Å²) in [6.45, 7) is 1.92. The van der Waals surface area contributed by atoms with Gasteiger partial charge in [0.05, 0.1) is 6.26 Å². The highest BCUT2D eigenvalue weighted by Crippen LogP contribution is 2.18. The van der Waals surface area contributed by atoms with Gasteiger partial charge < -0.3 is 10.2 Å². The van der Waals surface area contributed by atoms with Crippen molar-refractivity contribution in [1.82, 2.24) is 0 Å². The van der Waals surface area contributed by atoms with E-state index in [1.165, 1.54) is 6.26 Å². The van der Waals surface area contributed by atoms with Crippen LogP contribution in [-0.2, 0) is 0 Å². The first-order chi connectivity index (χ1) is 7.18. The van der Waals surface area contributed by atoms with E-state index in [4.69, 9.17) is 10.2 Å². The van der Waals surface area contributed by atoms with E-state index in [0.717, 1.165) is 5.56 Å². The summed E-state index contributed by atoms with van der Waals surface area (Å²) in [4.78, 5) is 11.9. The molecule has 2 rings (SSSR count). The molecule has 0 unspecified atom stereocenters. The molecule has 1 aromatic heterocycles. The topological polar surface area (TPSA) is 56.2 Å². The summed E-state index contributed by atoms with van der Waals surface area (Å²) in [5.41, 5.74) is 7.70. The molecule has 0 fully saturated rings. The van der Waals surface area contributed by atoms with Gasteiger partial charge in [0.2, 0.25) is 5.78 Å². The SMILES string of the molecule is Cc1ccc(N)c(C(=O)c2ccco2)c1. The predicted octanol–water partition coefficient (Wildman–Crippen LogP) is 2.40. The number of rotatable bonds is 2. The Morgan fingerprint density at radius 2 is 2.13 bits per heavy atom. The lowest BCUT2D eigenvalue weighted by Gasteiger charge is -2.03. The maximum atomic E-state index is 11.9. The Bertz CT molecular complexity index is 486. The van der Waals surface area contributed by atoms with E-state index >= 15 is 0 Å². The number of furan rings is 1. The van der Waals surface area contributed by atoms with Crippen LogP contribution in [-0.4, -0.2) is 5.78 Å². The molecule has 0 aliphatic rings. The van der Waals surface area contributed by atoms with E-state index < -0.39 is 0 Å². The third kappa shape index (κ3) is 1.76. The maximum Gasteiger partial charge on any atom is 0.230 e. The lowest BCUT2D eigenvalue weighted by Crippen LogP contribution is -2.04. The van der Waals surface area contributed by atoms with E-state index in [-0.39, 0.29) is 5.78 Å². The van der Waals surface area contributed by atoms with Gasteiger partial charge in [-0.15, -0.1) is 0 Å². The van der Waals surface area contributed by atoms with Gasteiger partial charge in [-0.05, 0) is 31.2 Å². The van der Waals surface area contributed by atoms with E-state index in [9.17, 15) is 4.79 Å². The molecule has 0 radical (unpaired) electrons. The summed E-state index contributed by atoms with van der Waals surface area (Å²) < 4.78 is 5.04. The number of nitrogens with two attached hydrogens (primary N) is 1. The summed E-state index contributed by atoms with van der Waals surface area (Å²) in [5.74, 6) is 0.133. The molecule has 76 valence electrons. The molecule has 0 aliphatic carbocycles. The van der Waals surface area contributed by atoms with Crippen molar-refractivity contribution in [1.29, 1.82) is 0 Å². The minimum absolute atomic E-state index is 0.179. The van der Waals surface area contributed by atoms with Gasteiger partial charge >= 0.3 is 0 Å². The first-order valence-corrected chi connectivity index (χ1v) is 4.63. The smallest absolute Gasteiger partial charge is 0.230 e. The monoisotopic (exact) mass is 201 g/mol. The lowest BCUT2D eigenvalue weighted by atomic mass is 10.0. The van der Waals surface area contributed by atoms with Crippen molar-refractivity contribution in [2.24, 2.45) is 0 Å². The molecule has 15 heavy (non-hydrogen) atoms. The van der Waals surface area contributed by atoms with Crippen LogP contribution >= 0.6 is 0 Å². The lowest BCUT2D eigenvalue weighted by molar-refractivity contribution is 0.101. The predicted molar refractivity (Wildman–Crippen MR) is 57.7 cm³/mol. The van der Waals surface area contributed by atoms with Crippen LogP contribution in [0.1, 0.15) is 21.7 Å². The number of hydrogen-bond acceptors (Lipinski definition) is 3. The fourth-order valence-electron chi connectivity index (χ4n) is 1.41. The van der Waals surface area contributed by atoms with Crippen LogP contribution < -0.4 is 5.73 Å². The highest BCUT2D eigenvalue weighted by molar-refractivity contribution is 6.10. The number of carbonyl (C=O) groups excluding carboxylic acids is 1. The van der Waals surface area contributed by atoms with Crippen molar-refractivity contribution in [3.8, 4) is 0 Å². The van der Waals surface area contributed by atoms with Crippen LogP contribution in [0.15, 0.2) is 41.0 Å². The Balaban J connectivity index is 2.46. The second kappa shape index (κ2) is 3.61. The summed E-state index contributed by atoms with van der Waals surface area (Å²) in [5, 5.41) is 0. The van der Waals surface area contributed by atoms with E-state index in [1.54, 1.807) is 24.3 Å². The summed E-state index contributed by atoms with van der Waals surface area (Å²) >= 11 is 0. The zero-order valence-electron chi connectivity index (χ0n) is 8.36. The molecule has 1 heterocycles. The van der Waals surface area contributed by atoms with Crippen molar-refractivity contribution in [2.45, 2.75) is 6.92 Å². The van der Waals surface area contributed by atoms with Crippen LogP contribution in [0.3, 0.4) is 0 Å². The van der Waals surface area contributed by atoms with Crippen molar-refractivity contribution in [3.63, 3.8) is 0 Å². The molecular weight excluding hydrogens is 190 g/mol. The zero-order chi connectivity index (χ0) is 10.8. The summed E-state index contributed by atoms with van der Waals surface area (Å²) in [6.07, 6.45) is 1.47. The first-order valence-electron chi connectivity index (χ1n) is 4.63. The number of anilines is 1. The van der Waals surface area contributed by atoms with Gasteiger partial charge in [-0.25, -0.2) is 0 Å². The third-order valence-corrected chi connectivity index (χ3v) is 2.20. The van der Waals surface area contributed by atoms with E-state index in [1.807, 2.05) is 13.0 Å². The van der Waals surface area contributed by atoms with Gasteiger partial charge in [-0.2, -0.15) is 0 Å². The van der Waals surface area contributed by atoms with Crippen molar-refractivity contribution < 1.29 is 9.21 Å². The average Bonchev–Trinajstić information content (AvgIpc) is 2.74. The van der Waals surface area contributed by atoms with Gasteiger partial charge in [0, 0.05) is 11.3 Å². The minimum Gasteiger partial charge on any atom is -0.461 e. The number of benzene rings is 1. The molecule has 3 nitrogen and oxygen atoms in total. The van der Waals surface area contributed by atoms with Crippen LogP contribution in [0.5, 0.6) is 0 Å². The minimum atomic E-state index is -0.179. The number of nitrogen functional groups attached to an aromatic ring is 1. The molecule has 0 saturated heterocycles. The molecule has 0 saturated carbocycles. The number of aryl methyl sites for hydroxylation is 1. The van der Waals surface area contributed by atoms with E-state index in [0.29, 0.717) is 17.0 Å². The molecular formula is C12H11NO2. The van der Waals surface area contributed by atoms with Crippen molar-refractivity contribution in [3.05, 3.63) is 53.5 Å². The molecule has 0 bridgehead atoms. The van der Waals surface area contributed by atoms with Crippen molar-refractivity contribution in [2.75, 3.05) is 5.73 Å². The van der Waals surface area contributed by atoms with Crippen LogP contribution in [0.2, 0.25) is 0 Å². The van der Waals surface area contributed by atoms with Crippen molar-refractivity contribution >= 4 is 11.5 Å². The summed E-state index contributed by atoms with van der Waals surface area (Å²) in [7, 11) is 0. The second-order valence-electron chi connectivity index (χ2n) is 3.40. The van der Waals surface area contributed by atoms with Crippen LogP contribution in [0.4, 0.5) is 5.69 Å². The number of ketones is 1. The highest BCUT2D eigenvalue weighted by atomic mass is 16.3. The van der Waals surface area contributed by atoms with Crippen LogP contribution in [0.25, 0.3) is 0 Å². The van der Waals surface area contributed by atoms with Gasteiger partial charge in [0.25, 0.3) is 0 Å². The molecule has 0 spiro atoms. The Hall–Kier alpha value is -2.03. The highest BCUT2D eigenvalue weighted by Gasteiger charge is 2.14. The molecule has 0 atom stereocenters. The standard InChI is InChI=1S/C12H11NO2/c1-8-4-5-10(13)9(7-8)12(14)11-3-2-6-15-11/h2-7H,13H2,1H3. The Labute approximate surface area is 87.5 Å². The Kier molecular flexibility index (Phi) is 2.29. The molecule has 1 aromatic carbocycles. The molecule has 2 aromatic rings. The fourth-order valence-corrected chi connectivity index (χ4v) is 1.41. The van der Waals surface area contributed by atoms with Gasteiger partial charge in [0.15, 0.2) is 5.76 Å². The largest absolute Gasteiger partial charge is 0.461 e. The quantitative estimate of drug-likeness (QED) is 0.599. The zero-order valence-corrected chi connectivity index (χ0v) is 8.36. The fraction of sp³-hybridized carbons (Fsp3) is 0.0833. The molecule has 0 aliphatic heterocycles.